The SMILES string of the molecule is C=C(/C=C\C(=C)C(=O)NC[C@H](O)CN1CCC=C(/C=C\C(=C\Cl)OCC2CN2OOC)C1)OC1CCN(C/C=C(/CC)CCC)CC1. The second-order valence-electron chi connectivity index (χ2n) is 12.2. The van der Waals surface area contributed by atoms with E-state index in [4.69, 9.17) is 26.1 Å². The largest absolute Gasteiger partial charge is 0.491 e. The van der Waals surface area contributed by atoms with Gasteiger partial charge in [0.1, 0.15) is 24.2 Å². The number of hydroxylamine groups is 2. The zero-order valence-electron chi connectivity index (χ0n) is 28.5. The Morgan fingerprint density at radius 1 is 1.17 bits per heavy atom. The number of ether oxygens (including phenoxy) is 2. The lowest BCUT2D eigenvalue weighted by Crippen LogP contribution is -2.42. The molecule has 10 nitrogen and oxygen atoms in total. The third kappa shape index (κ3) is 14.9. The van der Waals surface area contributed by atoms with Gasteiger partial charge in [0.15, 0.2) is 0 Å². The standard InChI is InChI=1S/C36H55ClN4O6/c1-6-9-30(7-2)15-19-39-20-16-34(17-21-39)46-29(4)12-11-28(3)36(43)38-23-33(42)26-40-18-8-10-31(24-40)13-14-35(22-37)45-27-32-25-41(32)47-44-5/h10-15,22,32-34,42H,3-4,6-9,16-21,23-27H2,1-2,5H3,(H,38,43)/b12-11-,14-13-,30-15-,35-22-/t32?,33-,41?/m0/s1. The van der Waals surface area contributed by atoms with Gasteiger partial charge in [0, 0.05) is 63.5 Å². The zero-order valence-corrected chi connectivity index (χ0v) is 29.3. The third-order valence-electron chi connectivity index (χ3n) is 8.35. The Bertz CT molecular complexity index is 1170. The molecule has 0 aromatic rings. The molecule has 0 aromatic heterocycles. The first kappa shape index (κ1) is 38.7. The van der Waals surface area contributed by atoms with E-state index in [1.165, 1.54) is 25.5 Å². The van der Waals surface area contributed by atoms with Crippen molar-refractivity contribution in [3.63, 3.8) is 0 Å². The summed E-state index contributed by atoms with van der Waals surface area (Å²) in [5.74, 6) is 0.732. The summed E-state index contributed by atoms with van der Waals surface area (Å²) in [6.45, 7) is 18.5. The molecule has 0 spiro atoms. The topological polar surface area (TPSA) is 95.7 Å². The summed E-state index contributed by atoms with van der Waals surface area (Å²) in [5, 5.41) is 15.1. The summed E-state index contributed by atoms with van der Waals surface area (Å²) in [4.78, 5) is 26.8. The van der Waals surface area contributed by atoms with Gasteiger partial charge in [-0.05, 0) is 55.9 Å². The van der Waals surface area contributed by atoms with Gasteiger partial charge >= 0.3 is 0 Å². The number of carbonyl (C=O) groups excluding carboxylic acids is 1. The van der Waals surface area contributed by atoms with Crippen molar-refractivity contribution >= 4 is 17.5 Å². The number of nitrogens with one attached hydrogen (secondary N) is 1. The van der Waals surface area contributed by atoms with Gasteiger partial charge in [-0.3, -0.25) is 14.6 Å². The fourth-order valence-electron chi connectivity index (χ4n) is 5.51. The van der Waals surface area contributed by atoms with Crippen LogP contribution in [0.25, 0.3) is 0 Å². The van der Waals surface area contributed by atoms with Crippen molar-refractivity contribution in [2.24, 2.45) is 0 Å². The number of carbonyl (C=O) groups is 1. The highest BCUT2D eigenvalue weighted by atomic mass is 35.5. The van der Waals surface area contributed by atoms with Gasteiger partial charge in [0.2, 0.25) is 0 Å². The van der Waals surface area contributed by atoms with Gasteiger partial charge in [0.05, 0.1) is 19.3 Å². The van der Waals surface area contributed by atoms with Crippen LogP contribution >= 0.6 is 11.6 Å². The molecule has 2 N–H and O–H groups in total. The van der Waals surface area contributed by atoms with Crippen LogP contribution in [0.1, 0.15) is 52.4 Å². The fourth-order valence-corrected chi connectivity index (χ4v) is 5.65. The van der Waals surface area contributed by atoms with Gasteiger partial charge < -0.3 is 19.9 Å². The minimum Gasteiger partial charge on any atom is -0.491 e. The first-order valence-corrected chi connectivity index (χ1v) is 17.3. The highest BCUT2D eigenvalue weighted by molar-refractivity contribution is 6.25. The monoisotopic (exact) mass is 674 g/mol. The normalized spacial score (nSPS) is 22.4. The number of aliphatic hydroxyl groups excluding tert-OH is 1. The molecule has 0 saturated carbocycles. The van der Waals surface area contributed by atoms with Gasteiger partial charge in [-0.2, -0.15) is 0 Å². The van der Waals surface area contributed by atoms with E-state index in [1.54, 1.807) is 22.8 Å². The van der Waals surface area contributed by atoms with Crippen molar-refractivity contribution in [1.82, 2.24) is 20.2 Å². The van der Waals surface area contributed by atoms with Crippen molar-refractivity contribution in [2.45, 2.75) is 70.6 Å². The van der Waals surface area contributed by atoms with E-state index in [0.29, 0.717) is 31.2 Å². The number of nitrogens with zero attached hydrogens (tertiary/aromatic N) is 3. The van der Waals surface area contributed by atoms with Gasteiger partial charge in [-0.25, -0.2) is 4.89 Å². The number of piperidine rings is 1. The summed E-state index contributed by atoms with van der Waals surface area (Å²) in [5.41, 5.74) is 4.32. The second-order valence-corrected chi connectivity index (χ2v) is 12.4. The molecule has 1 amide bonds. The summed E-state index contributed by atoms with van der Waals surface area (Å²) >= 11 is 5.94. The molecule has 262 valence electrons. The van der Waals surface area contributed by atoms with Crippen molar-refractivity contribution < 1.29 is 29.3 Å². The Morgan fingerprint density at radius 3 is 2.66 bits per heavy atom. The summed E-state index contributed by atoms with van der Waals surface area (Å²) in [6.07, 6.45) is 17.3. The van der Waals surface area contributed by atoms with Gasteiger partial charge in [-0.15, -0.1) is 10.1 Å². The van der Waals surface area contributed by atoms with E-state index in [1.807, 2.05) is 12.2 Å². The molecular formula is C36H55ClN4O6. The highest BCUT2D eigenvalue weighted by Gasteiger charge is 2.37. The Labute approximate surface area is 286 Å². The Morgan fingerprint density at radius 2 is 1.96 bits per heavy atom. The molecule has 3 atom stereocenters. The van der Waals surface area contributed by atoms with Crippen LogP contribution in [-0.2, 0) is 24.1 Å². The quantitative estimate of drug-likeness (QED) is 0.0325. The molecule has 3 aliphatic heterocycles. The van der Waals surface area contributed by atoms with Crippen molar-refractivity contribution in [2.75, 3.05) is 66.1 Å². The second kappa shape index (κ2) is 21.3. The number of aliphatic hydroxyl groups is 1. The molecule has 2 unspecified atom stereocenters. The summed E-state index contributed by atoms with van der Waals surface area (Å²) < 4.78 is 11.8. The van der Waals surface area contributed by atoms with Gasteiger partial charge in [-0.1, -0.05) is 68.8 Å². The average Bonchev–Trinajstić information content (AvgIpc) is 3.83. The maximum atomic E-state index is 12.6. The lowest BCUT2D eigenvalue weighted by molar-refractivity contribution is -0.377. The lowest BCUT2D eigenvalue weighted by Gasteiger charge is -2.31. The van der Waals surface area contributed by atoms with E-state index >= 15 is 0 Å². The maximum Gasteiger partial charge on any atom is 0.250 e. The summed E-state index contributed by atoms with van der Waals surface area (Å²) in [7, 11) is 1.46. The first-order chi connectivity index (χ1) is 22.7. The molecule has 0 bridgehead atoms. The molecule has 2 fully saturated rings. The van der Waals surface area contributed by atoms with Crippen LogP contribution in [0, 0.1) is 0 Å². The van der Waals surface area contributed by atoms with Crippen molar-refractivity contribution in [1.29, 1.82) is 0 Å². The molecule has 3 heterocycles. The number of amides is 1. The Balaban J connectivity index is 1.30. The zero-order chi connectivity index (χ0) is 34.0. The summed E-state index contributed by atoms with van der Waals surface area (Å²) in [6, 6.07) is 0.138. The molecule has 47 heavy (non-hydrogen) atoms. The predicted molar refractivity (Wildman–Crippen MR) is 187 cm³/mol. The maximum absolute atomic E-state index is 12.6. The minimum atomic E-state index is -0.726. The smallest absolute Gasteiger partial charge is 0.250 e. The molecule has 11 heteroatoms. The first-order valence-electron chi connectivity index (χ1n) is 16.8. The van der Waals surface area contributed by atoms with Crippen LogP contribution in [0.15, 0.2) is 83.4 Å². The number of likely N-dealkylation sites (tertiary alicyclic amines) is 1. The van der Waals surface area contributed by atoms with Crippen LogP contribution in [0.4, 0.5) is 0 Å². The molecule has 2 saturated heterocycles. The van der Waals surface area contributed by atoms with Crippen molar-refractivity contribution in [3.05, 3.63) is 83.4 Å². The van der Waals surface area contributed by atoms with Crippen LogP contribution in [0.5, 0.6) is 0 Å². The number of halogens is 1. The van der Waals surface area contributed by atoms with E-state index in [9.17, 15) is 9.90 Å². The number of hydrogen-bond acceptors (Lipinski definition) is 9. The van der Waals surface area contributed by atoms with Crippen LogP contribution < -0.4 is 5.32 Å². The van der Waals surface area contributed by atoms with Crippen molar-refractivity contribution in [3.8, 4) is 0 Å². The number of allylic oxidation sites excluding steroid dienone is 3. The Hall–Kier alpha value is -2.70. The van der Waals surface area contributed by atoms with Crippen LogP contribution in [0.3, 0.4) is 0 Å². The van der Waals surface area contributed by atoms with Gasteiger partial charge in [0.25, 0.3) is 5.91 Å². The minimum absolute atomic E-state index is 0.120. The van der Waals surface area contributed by atoms with E-state index in [-0.39, 0.29) is 30.2 Å². The molecular weight excluding hydrogens is 620 g/mol. The average molecular weight is 675 g/mol. The lowest BCUT2D eigenvalue weighted by atomic mass is 10.1. The fraction of sp³-hybridized carbons (Fsp3) is 0.583. The van der Waals surface area contributed by atoms with Crippen LogP contribution in [0.2, 0.25) is 0 Å². The molecule has 3 rings (SSSR count). The molecule has 0 aliphatic carbocycles. The predicted octanol–water partition coefficient (Wildman–Crippen LogP) is 5.17. The van der Waals surface area contributed by atoms with E-state index in [0.717, 1.165) is 64.0 Å². The number of β-amino-alcohol motifs (C(OH)–C–C–N with tert-alkyl or cyclic N) is 1. The third-order valence-corrected chi connectivity index (χ3v) is 8.56. The molecule has 0 aromatic carbocycles. The molecule has 3 aliphatic rings. The highest BCUT2D eigenvalue weighted by Crippen LogP contribution is 2.21. The number of rotatable bonds is 21. The molecule has 0 radical (unpaired) electrons. The van der Waals surface area contributed by atoms with Crippen LogP contribution in [-0.4, -0.2) is 110 Å². The van der Waals surface area contributed by atoms with E-state index < -0.39 is 6.10 Å². The Kier molecular flexibility index (Phi) is 17.6. The van der Waals surface area contributed by atoms with E-state index in [2.05, 4.69) is 59.2 Å². The number of hydrogen-bond donors (Lipinski definition) is 2.